The first kappa shape index (κ1) is 14.3. The number of thiophene rings is 1. The summed E-state index contributed by atoms with van der Waals surface area (Å²) in [6, 6.07) is 2.00. The summed E-state index contributed by atoms with van der Waals surface area (Å²) < 4.78 is 5.02. The van der Waals surface area contributed by atoms with Gasteiger partial charge >= 0.3 is 6.09 Å². The van der Waals surface area contributed by atoms with Crippen LogP contribution in [0.1, 0.15) is 6.92 Å². The van der Waals surface area contributed by atoms with Crippen LogP contribution in [0.4, 0.5) is 10.6 Å². The van der Waals surface area contributed by atoms with Gasteiger partial charge in [0, 0.05) is 26.2 Å². The number of fused-ring (bicyclic) bond motifs is 1. The summed E-state index contributed by atoms with van der Waals surface area (Å²) in [5.74, 6) is 0.842. The highest BCUT2D eigenvalue weighted by molar-refractivity contribution is 7.16. The van der Waals surface area contributed by atoms with Gasteiger partial charge in [0.2, 0.25) is 5.28 Å². The maximum atomic E-state index is 11.7. The van der Waals surface area contributed by atoms with E-state index in [1.807, 2.05) is 18.4 Å². The maximum Gasteiger partial charge on any atom is 0.409 e. The van der Waals surface area contributed by atoms with E-state index < -0.39 is 0 Å². The number of aromatic nitrogens is 2. The van der Waals surface area contributed by atoms with E-state index in [0.29, 0.717) is 32.8 Å². The third-order valence-electron chi connectivity index (χ3n) is 3.38. The Kier molecular flexibility index (Phi) is 4.12. The summed E-state index contributed by atoms with van der Waals surface area (Å²) in [5, 5.41) is 3.25. The minimum atomic E-state index is -0.251. The number of halogens is 1. The van der Waals surface area contributed by atoms with Gasteiger partial charge in [0.05, 0.1) is 12.0 Å². The monoisotopic (exact) mass is 326 g/mol. The van der Waals surface area contributed by atoms with Crippen LogP contribution in [-0.2, 0) is 4.74 Å². The van der Waals surface area contributed by atoms with E-state index in [1.54, 1.807) is 16.2 Å². The highest BCUT2D eigenvalue weighted by Crippen LogP contribution is 2.29. The van der Waals surface area contributed by atoms with Crippen LogP contribution < -0.4 is 4.90 Å². The Morgan fingerprint density at radius 2 is 2.14 bits per heavy atom. The van der Waals surface area contributed by atoms with E-state index in [9.17, 15) is 4.79 Å². The van der Waals surface area contributed by atoms with Crippen LogP contribution in [0, 0.1) is 0 Å². The van der Waals surface area contributed by atoms with Crippen molar-refractivity contribution in [1.29, 1.82) is 0 Å². The van der Waals surface area contributed by atoms with Gasteiger partial charge in [-0.15, -0.1) is 11.3 Å². The normalized spacial score (nSPS) is 15.5. The number of anilines is 1. The van der Waals surface area contributed by atoms with Crippen LogP contribution in [-0.4, -0.2) is 53.7 Å². The highest BCUT2D eigenvalue weighted by Gasteiger charge is 2.24. The van der Waals surface area contributed by atoms with Crippen molar-refractivity contribution in [3.05, 3.63) is 16.7 Å². The molecule has 2 aromatic heterocycles. The fraction of sp³-hybridized carbons (Fsp3) is 0.462. The molecule has 0 saturated carbocycles. The molecule has 112 valence electrons. The topological polar surface area (TPSA) is 58.6 Å². The minimum Gasteiger partial charge on any atom is -0.450 e. The number of carbonyl (C=O) groups is 1. The number of amides is 1. The molecule has 1 amide bonds. The fourth-order valence-corrected chi connectivity index (χ4v) is 3.34. The van der Waals surface area contributed by atoms with Gasteiger partial charge in [-0.25, -0.2) is 9.78 Å². The number of carbonyl (C=O) groups excluding carboxylic acids is 1. The fourth-order valence-electron chi connectivity index (χ4n) is 2.37. The Bertz CT molecular complexity index is 655. The van der Waals surface area contributed by atoms with E-state index in [0.717, 1.165) is 16.0 Å². The second-order valence-electron chi connectivity index (χ2n) is 4.63. The minimum absolute atomic E-state index is 0.251. The first-order chi connectivity index (χ1) is 10.2. The molecule has 1 fully saturated rings. The third kappa shape index (κ3) is 2.89. The van der Waals surface area contributed by atoms with Crippen molar-refractivity contribution in [2.24, 2.45) is 0 Å². The molecule has 1 saturated heterocycles. The molecular formula is C13H15ClN4O2S. The largest absolute Gasteiger partial charge is 0.450 e. The van der Waals surface area contributed by atoms with E-state index in [4.69, 9.17) is 16.3 Å². The lowest BCUT2D eigenvalue weighted by atomic mass is 10.3. The molecule has 3 rings (SSSR count). The second-order valence-corrected chi connectivity index (χ2v) is 5.86. The average Bonchev–Trinajstić information content (AvgIpc) is 2.95. The van der Waals surface area contributed by atoms with Gasteiger partial charge in [0.15, 0.2) is 0 Å². The van der Waals surface area contributed by atoms with Crippen LogP contribution in [0.2, 0.25) is 5.28 Å². The van der Waals surface area contributed by atoms with Gasteiger partial charge in [-0.2, -0.15) is 4.98 Å². The van der Waals surface area contributed by atoms with Crippen molar-refractivity contribution in [3.8, 4) is 0 Å². The summed E-state index contributed by atoms with van der Waals surface area (Å²) in [6.07, 6.45) is -0.251. The summed E-state index contributed by atoms with van der Waals surface area (Å²) >= 11 is 7.54. The van der Waals surface area contributed by atoms with Crippen molar-refractivity contribution < 1.29 is 9.53 Å². The van der Waals surface area contributed by atoms with Crippen LogP contribution in [0.15, 0.2) is 11.4 Å². The molecule has 0 atom stereocenters. The predicted molar refractivity (Wildman–Crippen MR) is 83.2 cm³/mol. The second kappa shape index (κ2) is 6.03. The molecule has 0 spiro atoms. The Morgan fingerprint density at radius 1 is 1.38 bits per heavy atom. The first-order valence-corrected chi connectivity index (χ1v) is 8.02. The highest BCUT2D eigenvalue weighted by atomic mass is 35.5. The third-order valence-corrected chi connectivity index (χ3v) is 4.36. The van der Waals surface area contributed by atoms with Gasteiger partial charge in [-0.1, -0.05) is 0 Å². The molecule has 3 heterocycles. The molecule has 6 nitrogen and oxygen atoms in total. The number of hydrogen-bond donors (Lipinski definition) is 0. The maximum absolute atomic E-state index is 11.7. The number of rotatable bonds is 2. The molecule has 21 heavy (non-hydrogen) atoms. The Hall–Kier alpha value is -1.60. The van der Waals surface area contributed by atoms with E-state index in [-0.39, 0.29) is 11.4 Å². The number of ether oxygens (including phenoxy) is 1. The van der Waals surface area contributed by atoms with E-state index in [1.165, 1.54) is 0 Å². The van der Waals surface area contributed by atoms with E-state index >= 15 is 0 Å². The van der Waals surface area contributed by atoms with Crippen LogP contribution in [0.25, 0.3) is 10.2 Å². The lowest BCUT2D eigenvalue weighted by Crippen LogP contribution is -2.49. The molecule has 0 unspecified atom stereocenters. The zero-order valence-corrected chi connectivity index (χ0v) is 13.2. The Morgan fingerprint density at radius 3 is 2.86 bits per heavy atom. The summed E-state index contributed by atoms with van der Waals surface area (Å²) in [7, 11) is 0. The quantitative estimate of drug-likeness (QED) is 0.794. The number of nitrogens with zero attached hydrogens (tertiary/aromatic N) is 4. The molecule has 0 N–H and O–H groups in total. The average molecular weight is 327 g/mol. The standard InChI is InChI=1S/C13H15ClN4O2S/c1-2-20-13(19)18-6-4-17(5-7-18)10-9-3-8-21-11(9)16-12(14)15-10/h3,8H,2,4-7H2,1H3. The van der Waals surface area contributed by atoms with Crippen LogP contribution in [0.3, 0.4) is 0 Å². The van der Waals surface area contributed by atoms with Gasteiger partial charge in [0.25, 0.3) is 0 Å². The smallest absolute Gasteiger partial charge is 0.409 e. The van der Waals surface area contributed by atoms with Crippen molar-refractivity contribution in [3.63, 3.8) is 0 Å². The van der Waals surface area contributed by atoms with Crippen LogP contribution >= 0.6 is 22.9 Å². The van der Waals surface area contributed by atoms with Crippen molar-refractivity contribution in [1.82, 2.24) is 14.9 Å². The molecule has 0 aromatic carbocycles. The Labute approximate surface area is 131 Å². The zero-order chi connectivity index (χ0) is 14.8. The zero-order valence-electron chi connectivity index (χ0n) is 11.6. The van der Waals surface area contributed by atoms with Crippen molar-refractivity contribution in [2.75, 3.05) is 37.7 Å². The summed E-state index contributed by atoms with van der Waals surface area (Å²) in [5.41, 5.74) is 0. The molecule has 0 aliphatic carbocycles. The lowest BCUT2D eigenvalue weighted by Gasteiger charge is -2.34. The molecule has 0 bridgehead atoms. The predicted octanol–water partition coefficient (Wildman–Crippen LogP) is 2.62. The van der Waals surface area contributed by atoms with E-state index in [2.05, 4.69) is 14.9 Å². The molecule has 0 radical (unpaired) electrons. The molecule has 2 aromatic rings. The molecule has 8 heteroatoms. The summed E-state index contributed by atoms with van der Waals surface area (Å²) in [6.45, 7) is 4.85. The number of piperazine rings is 1. The van der Waals surface area contributed by atoms with Crippen molar-refractivity contribution >= 4 is 45.1 Å². The first-order valence-electron chi connectivity index (χ1n) is 6.76. The van der Waals surface area contributed by atoms with Gasteiger partial charge in [-0.3, -0.25) is 0 Å². The van der Waals surface area contributed by atoms with Gasteiger partial charge < -0.3 is 14.5 Å². The van der Waals surface area contributed by atoms with Crippen LogP contribution in [0.5, 0.6) is 0 Å². The number of hydrogen-bond acceptors (Lipinski definition) is 6. The lowest BCUT2D eigenvalue weighted by molar-refractivity contribution is 0.105. The molecule has 1 aliphatic heterocycles. The summed E-state index contributed by atoms with van der Waals surface area (Å²) in [4.78, 5) is 25.0. The SMILES string of the molecule is CCOC(=O)N1CCN(c2nc(Cl)nc3sccc23)CC1. The molecule has 1 aliphatic rings. The Balaban J connectivity index is 1.77. The van der Waals surface area contributed by atoms with Crippen molar-refractivity contribution in [2.45, 2.75) is 6.92 Å². The van der Waals surface area contributed by atoms with Gasteiger partial charge in [-0.05, 0) is 30.0 Å². The van der Waals surface area contributed by atoms with Gasteiger partial charge in [0.1, 0.15) is 10.6 Å². The molecular weight excluding hydrogens is 312 g/mol.